The lowest BCUT2D eigenvalue weighted by Crippen LogP contribution is -1.97. The third-order valence-electron chi connectivity index (χ3n) is 3.26. The molecule has 3 aromatic rings. The van der Waals surface area contributed by atoms with E-state index < -0.39 is 0 Å². The van der Waals surface area contributed by atoms with Crippen LogP contribution < -0.4 is 4.74 Å². The van der Waals surface area contributed by atoms with E-state index >= 15 is 0 Å². The maximum absolute atomic E-state index is 6.01. The molecule has 3 nitrogen and oxygen atoms in total. The largest absolute Gasteiger partial charge is 0.494 e. The fraction of sp³-hybridized carbons (Fsp3) is 0.176. The van der Waals surface area contributed by atoms with Crippen LogP contribution in [0.4, 0.5) is 0 Å². The number of nitrogens with zero attached hydrogens (tertiary/aromatic N) is 2. The summed E-state index contributed by atoms with van der Waals surface area (Å²) >= 11 is 6.01. The molecule has 106 valence electrons. The van der Waals surface area contributed by atoms with Crippen LogP contribution >= 0.6 is 11.6 Å². The van der Waals surface area contributed by atoms with Crippen LogP contribution in [0, 0.1) is 0 Å². The molecule has 0 unspecified atom stereocenters. The summed E-state index contributed by atoms with van der Waals surface area (Å²) < 4.78 is 5.45. The molecule has 0 spiro atoms. The van der Waals surface area contributed by atoms with Gasteiger partial charge in [-0.1, -0.05) is 30.3 Å². The number of rotatable bonds is 4. The van der Waals surface area contributed by atoms with E-state index in [1.807, 2.05) is 43.3 Å². The van der Waals surface area contributed by atoms with Gasteiger partial charge in [0.25, 0.3) is 0 Å². The van der Waals surface area contributed by atoms with Gasteiger partial charge in [-0.2, -0.15) is 0 Å². The first-order valence-electron chi connectivity index (χ1n) is 6.89. The second kappa shape index (κ2) is 6.10. The van der Waals surface area contributed by atoms with Gasteiger partial charge in [0, 0.05) is 11.8 Å². The highest BCUT2D eigenvalue weighted by molar-refractivity contribution is 6.28. The zero-order chi connectivity index (χ0) is 14.7. The monoisotopic (exact) mass is 298 g/mol. The minimum atomic E-state index is 0.287. The van der Waals surface area contributed by atoms with Gasteiger partial charge >= 0.3 is 0 Å². The van der Waals surface area contributed by atoms with Crippen LogP contribution in [-0.4, -0.2) is 16.6 Å². The highest BCUT2D eigenvalue weighted by Crippen LogP contribution is 2.21. The number of benzene rings is 2. The van der Waals surface area contributed by atoms with Gasteiger partial charge in [0.1, 0.15) is 5.75 Å². The van der Waals surface area contributed by atoms with Crippen LogP contribution in [0.5, 0.6) is 5.75 Å². The van der Waals surface area contributed by atoms with Gasteiger partial charge in [0.05, 0.1) is 17.8 Å². The summed E-state index contributed by atoms with van der Waals surface area (Å²) in [4.78, 5) is 8.63. The molecule has 4 heteroatoms. The maximum Gasteiger partial charge on any atom is 0.223 e. The van der Waals surface area contributed by atoms with Crippen molar-refractivity contribution in [2.45, 2.75) is 13.3 Å². The van der Waals surface area contributed by atoms with Crippen LogP contribution in [0.15, 0.2) is 48.5 Å². The molecule has 0 N–H and O–H groups in total. The van der Waals surface area contributed by atoms with Crippen molar-refractivity contribution in [3.8, 4) is 5.75 Å². The van der Waals surface area contributed by atoms with Crippen LogP contribution in [0.2, 0.25) is 5.28 Å². The highest BCUT2D eigenvalue weighted by Gasteiger charge is 2.07. The van der Waals surface area contributed by atoms with Crippen LogP contribution in [0.25, 0.3) is 10.9 Å². The average molecular weight is 299 g/mol. The minimum absolute atomic E-state index is 0.287. The van der Waals surface area contributed by atoms with E-state index in [1.54, 1.807) is 0 Å². The summed E-state index contributed by atoms with van der Waals surface area (Å²) in [5, 5.41) is 1.32. The lowest BCUT2D eigenvalue weighted by atomic mass is 10.1. The topological polar surface area (TPSA) is 35.0 Å². The quantitative estimate of drug-likeness (QED) is 0.675. The van der Waals surface area contributed by atoms with Crippen molar-refractivity contribution in [3.05, 3.63) is 65.1 Å². The maximum atomic E-state index is 6.01. The van der Waals surface area contributed by atoms with Crippen LogP contribution in [0.3, 0.4) is 0 Å². The number of halogens is 1. The molecular weight excluding hydrogens is 284 g/mol. The molecule has 2 aromatic carbocycles. The smallest absolute Gasteiger partial charge is 0.223 e. The number of hydrogen-bond donors (Lipinski definition) is 0. The second-order valence-electron chi connectivity index (χ2n) is 4.71. The van der Waals surface area contributed by atoms with E-state index in [1.165, 1.54) is 5.56 Å². The van der Waals surface area contributed by atoms with Crippen molar-refractivity contribution in [3.63, 3.8) is 0 Å². The standard InChI is InChI=1S/C17H15ClN2O/c1-2-21-13-9-7-12(8-10-13)11-16-14-5-3-4-6-15(14)19-17(18)20-16/h3-10H,2,11H2,1H3. The van der Waals surface area contributed by atoms with Crippen molar-refractivity contribution < 1.29 is 4.74 Å². The summed E-state index contributed by atoms with van der Waals surface area (Å²) in [6.45, 7) is 2.65. The van der Waals surface area contributed by atoms with Crippen LogP contribution in [0.1, 0.15) is 18.2 Å². The van der Waals surface area contributed by atoms with Crippen molar-refractivity contribution in [1.82, 2.24) is 9.97 Å². The summed E-state index contributed by atoms with van der Waals surface area (Å²) in [5.74, 6) is 0.881. The zero-order valence-corrected chi connectivity index (χ0v) is 12.5. The van der Waals surface area contributed by atoms with Gasteiger partial charge in [-0.15, -0.1) is 0 Å². The second-order valence-corrected chi connectivity index (χ2v) is 5.05. The van der Waals surface area contributed by atoms with E-state index in [2.05, 4.69) is 22.1 Å². The first-order chi connectivity index (χ1) is 10.3. The lowest BCUT2D eigenvalue weighted by molar-refractivity contribution is 0.340. The van der Waals surface area contributed by atoms with E-state index in [-0.39, 0.29) is 5.28 Å². The van der Waals surface area contributed by atoms with Gasteiger partial charge < -0.3 is 4.74 Å². The van der Waals surface area contributed by atoms with E-state index in [9.17, 15) is 0 Å². The molecule has 0 radical (unpaired) electrons. The van der Waals surface area contributed by atoms with Crippen molar-refractivity contribution in [2.24, 2.45) is 0 Å². The third-order valence-corrected chi connectivity index (χ3v) is 3.43. The summed E-state index contributed by atoms with van der Waals surface area (Å²) in [7, 11) is 0. The Morgan fingerprint density at radius 3 is 2.52 bits per heavy atom. The number of ether oxygens (including phenoxy) is 1. The minimum Gasteiger partial charge on any atom is -0.494 e. The molecule has 1 aromatic heterocycles. The summed E-state index contributed by atoms with van der Waals surface area (Å²) in [6, 6.07) is 16.0. The summed E-state index contributed by atoms with van der Waals surface area (Å²) in [6.07, 6.45) is 0.717. The predicted octanol–water partition coefficient (Wildman–Crippen LogP) is 4.27. The molecule has 3 rings (SSSR count). The number of fused-ring (bicyclic) bond motifs is 1. The Morgan fingerprint density at radius 2 is 1.76 bits per heavy atom. The Kier molecular flexibility index (Phi) is 4.02. The fourth-order valence-corrected chi connectivity index (χ4v) is 2.50. The average Bonchev–Trinajstić information content (AvgIpc) is 2.49. The molecule has 0 atom stereocenters. The molecule has 0 saturated carbocycles. The van der Waals surface area contributed by atoms with Gasteiger partial charge in [-0.05, 0) is 42.3 Å². The Bertz CT molecular complexity index is 756. The molecule has 0 amide bonds. The first kappa shape index (κ1) is 13.8. The third kappa shape index (κ3) is 3.14. The zero-order valence-electron chi connectivity index (χ0n) is 11.7. The highest BCUT2D eigenvalue weighted by atomic mass is 35.5. The molecule has 0 aliphatic carbocycles. The fourth-order valence-electron chi connectivity index (χ4n) is 2.31. The molecule has 1 heterocycles. The first-order valence-corrected chi connectivity index (χ1v) is 7.27. The van der Waals surface area contributed by atoms with Crippen molar-refractivity contribution >= 4 is 22.5 Å². The Morgan fingerprint density at radius 1 is 1.00 bits per heavy atom. The Labute approximate surface area is 128 Å². The van der Waals surface area contributed by atoms with Crippen LogP contribution in [-0.2, 0) is 6.42 Å². The van der Waals surface area contributed by atoms with Gasteiger partial charge in [-0.3, -0.25) is 0 Å². The van der Waals surface area contributed by atoms with Gasteiger partial charge in [0.15, 0.2) is 0 Å². The van der Waals surface area contributed by atoms with Crippen molar-refractivity contribution in [2.75, 3.05) is 6.61 Å². The number of aromatic nitrogens is 2. The van der Waals surface area contributed by atoms with Crippen molar-refractivity contribution in [1.29, 1.82) is 0 Å². The Hall–Kier alpha value is -2.13. The normalized spacial score (nSPS) is 10.8. The van der Waals surface area contributed by atoms with E-state index in [0.29, 0.717) is 6.61 Å². The van der Waals surface area contributed by atoms with E-state index in [4.69, 9.17) is 16.3 Å². The number of para-hydroxylation sites is 1. The molecule has 0 aliphatic heterocycles. The van der Waals surface area contributed by atoms with Gasteiger partial charge in [0.2, 0.25) is 5.28 Å². The SMILES string of the molecule is CCOc1ccc(Cc2nc(Cl)nc3ccccc23)cc1. The lowest BCUT2D eigenvalue weighted by Gasteiger charge is -2.07. The number of hydrogen-bond acceptors (Lipinski definition) is 3. The Balaban J connectivity index is 1.94. The summed E-state index contributed by atoms with van der Waals surface area (Å²) in [5.41, 5.74) is 2.98. The predicted molar refractivity (Wildman–Crippen MR) is 85.0 cm³/mol. The molecule has 0 aliphatic rings. The molecular formula is C17H15ClN2O. The molecule has 0 saturated heterocycles. The molecule has 0 bridgehead atoms. The van der Waals surface area contributed by atoms with Gasteiger partial charge in [-0.25, -0.2) is 9.97 Å². The molecule has 0 fully saturated rings. The molecule has 21 heavy (non-hydrogen) atoms. The van der Waals surface area contributed by atoms with E-state index in [0.717, 1.165) is 28.8 Å².